The Morgan fingerprint density at radius 2 is 1.86 bits per heavy atom. The molecule has 1 aromatic rings. The fraction of sp³-hybridized carbons (Fsp3) is 0.308. The van der Waals surface area contributed by atoms with Gasteiger partial charge in [0, 0.05) is 12.1 Å². The van der Waals surface area contributed by atoms with Crippen LogP contribution in [0.3, 0.4) is 0 Å². The van der Waals surface area contributed by atoms with Gasteiger partial charge in [-0.25, -0.2) is 4.39 Å². The topological polar surface area (TPSA) is 113 Å². The van der Waals surface area contributed by atoms with E-state index in [2.05, 4.69) is 5.32 Å². The van der Waals surface area contributed by atoms with E-state index < -0.39 is 30.1 Å². The molecule has 4 N–H and O–H groups in total. The minimum atomic E-state index is -1.18. The predicted octanol–water partition coefficient (Wildman–Crippen LogP) is -0.686. The van der Waals surface area contributed by atoms with Crippen LogP contribution in [0.15, 0.2) is 24.3 Å². The molecule has 0 saturated carbocycles. The molecule has 0 spiro atoms. The van der Waals surface area contributed by atoms with Gasteiger partial charge in [-0.05, 0) is 6.07 Å². The molecule has 0 bridgehead atoms. The Morgan fingerprint density at radius 1 is 1.19 bits per heavy atom. The predicted molar refractivity (Wildman–Crippen MR) is 71.5 cm³/mol. The summed E-state index contributed by atoms with van der Waals surface area (Å²) in [5, 5.41) is 11.1. The Labute approximate surface area is 120 Å². The number of rotatable bonds is 8. The fourth-order valence-electron chi connectivity index (χ4n) is 1.67. The van der Waals surface area contributed by atoms with Crippen LogP contribution in [0.25, 0.3) is 0 Å². The van der Waals surface area contributed by atoms with Crippen LogP contribution in [0.2, 0.25) is 0 Å². The number of carboxylic acids is 1. The number of carbonyl (C=O) groups excluding carboxylic acids is 2. The summed E-state index contributed by atoms with van der Waals surface area (Å²) in [6.45, 7) is -1.18. The fourth-order valence-corrected chi connectivity index (χ4v) is 1.67. The summed E-state index contributed by atoms with van der Waals surface area (Å²) in [6.07, 6.45) is 0. The first-order valence-corrected chi connectivity index (χ1v) is 6.11. The number of nitrogens with zero attached hydrogens (tertiary/aromatic N) is 1. The Kier molecular flexibility index (Phi) is 6.28. The lowest BCUT2D eigenvalue weighted by molar-refractivity contribution is -0.139. The van der Waals surface area contributed by atoms with E-state index in [-0.39, 0.29) is 19.6 Å². The van der Waals surface area contributed by atoms with Crippen molar-refractivity contribution in [3.8, 4) is 0 Å². The summed E-state index contributed by atoms with van der Waals surface area (Å²) in [7, 11) is 0. The molecular formula is C13H16FN3O4. The van der Waals surface area contributed by atoms with Crippen molar-refractivity contribution in [3.05, 3.63) is 35.6 Å². The zero-order chi connectivity index (χ0) is 15.8. The lowest BCUT2D eigenvalue weighted by Gasteiger charge is -2.17. The Balaban J connectivity index is 2.51. The Morgan fingerprint density at radius 3 is 2.43 bits per heavy atom. The molecule has 0 aliphatic rings. The van der Waals surface area contributed by atoms with Crippen LogP contribution in [0.4, 0.5) is 4.39 Å². The summed E-state index contributed by atoms with van der Waals surface area (Å²) in [6, 6.07) is 5.95. The molecule has 0 atom stereocenters. The highest BCUT2D eigenvalue weighted by Crippen LogP contribution is 2.05. The molecule has 2 amide bonds. The monoisotopic (exact) mass is 297 g/mol. The van der Waals surface area contributed by atoms with Gasteiger partial charge in [-0.3, -0.25) is 19.3 Å². The maximum atomic E-state index is 13.3. The molecular weight excluding hydrogens is 281 g/mol. The molecule has 0 unspecified atom stereocenters. The zero-order valence-corrected chi connectivity index (χ0v) is 11.2. The summed E-state index contributed by atoms with van der Waals surface area (Å²) in [5.41, 5.74) is 5.29. The van der Waals surface area contributed by atoms with E-state index in [0.29, 0.717) is 5.56 Å². The second kappa shape index (κ2) is 7.95. The largest absolute Gasteiger partial charge is 0.480 e. The van der Waals surface area contributed by atoms with E-state index in [1.54, 1.807) is 6.07 Å². The van der Waals surface area contributed by atoms with Gasteiger partial charge in [0.15, 0.2) is 0 Å². The first-order valence-electron chi connectivity index (χ1n) is 6.11. The average Bonchev–Trinajstić information content (AvgIpc) is 2.36. The van der Waals surface area contributed by atoms with Gasteiger partial charge in [-0.15, -0.1) is 0 Å². The number of halogens is 1. The van der Waals surface area contributed by atoms with Crippen molar-refractivity contribution < 1.29 is 23.9 Å². The lowest BCUT2D eigenvalue weighted by atomic mass is 10.2. The van der Waals surface area contributed by atoms with Gasteiger partial charge in [-0.1, -0.05) is 18.2 Å². The van der Waals surface area contributed by atoms with E-state index in [1.165, 1.54) is 18.2 Å². The molecule has 21 heavy (non-hydrogen) atoms. The number of carbonyl (C=O) groups is 3. The third kappa shape index (κ3) is 6.48. The maximum Gasteiger partial charge on any atom is 0.317 e. The summed E-state index contributed by atoms with van der Waals surface area (Å²) < 4.78 is 13.3. The minimum absolute atomic E-state index is 0.0248. The van der Waals surface area contributed by atoms with E-state index in [4.69, 9.17) is 10.8 Å². The van der Waals surface area contributed by atoms with E-state index >= 15 is 0 Å². The van der Waals surface area contributed by atoms with Crippen molar-refractivity contribution in [2.75, 3.05) is 19.6 Å². The summed E-state index contributed by atoms with van der Waals surface area (Å²) >= 11 is 0. The number of nitrogens with two attached hydrogens (primary N) is 1. The van der Waals surface area contributed by atoms with Crippen molar-refractivity contribution in [1.29, 1.82) is 0 Å². The number of carboxylic acid groups (broad SMARTS) is 1. The van der Waals surface area contributed by atoms with Crippen LogP contribution in [-0.4, -0.2) is 47.4 Å². The summed E-state index contributed by atoms with van der Waals surface area (Å²) in [4.78, 5) is 34.2. The van der Waals surface area contributed by atoms with Crippen LogP contribution in [0, 0.1) is 5.82 Å². The highest BCUT2D eigenvalue weighted by atomic mass is 19.1. The third-order valence-corrected chi connectivity index (χ3v) is 2.54. The molecule has 0 aromatic heterocycles. The van der Waals surface area contributed by atoms with Gasteiger partial charge < -0.3 is 16.2 Å². The lowest BCUT2D eigenvalue weighted by Crippen LogP contribution is -2.43. The van der Waals surface area contributed by atoms with Crippen molar-refractivity contribution in [1.82, 2.24) is 10.2 Å². The molecule has 0 heterocycles. The second-order valence-electron chi connectivity index (χ2n) is 4.37. The molecule has 8 heteroatoms. The molecule has 0 saturated heterocycles. The Bertz CT molecular complexity index is 520. The van der Waals surface area contributed by atoms with E-state index in [0.717, 1.165) is 4.90 Å². The van der Waals surface area contributed by atoms with Crippen LogP contribution in [-0.2, 0) is 20.9 Å². The van der Waals surface area contributed by atoms with Crippen molar-refractivity contribution in [2.45, 2.75) is 6.54 Å². The average molecular weight is 297 g/mol. The van der Waals surface area contributed by atoms with Gasteiger partial charge in [0.25, 0.3) is 0 Å². The molecule has 0 fully saturated rings. The number of amides is 2. The van der Waals surface area contributed by atoms with Crippen molar-refractivity contribution in [2.24, 2.45) is 5.73 Å². The standard InChI is InChI=1S/C13H16FN3O4/c14-10-4-2-1-3-9(10)5-16-12(19)7-17(6-11(15)18)8-13(20)21/h1-4H,5-8H2,(H2,15,18)(H,16,19)(H,20,21). The van der Waals surface area contributed by atoms with E-state index in [9.17, 15) is 18.8 Å². The second-order valence-corrected chi connectivity index (χ2v) is 4.37. The number of hydrogen-bond donors (Lipinski definition) is 3. The van der Waals surface area contributed by atoms with Gasteiger partial charge in [0.05, 0.1) is 19.6 Å². The van der Waals surface area contributed by atoms with Gasteiger partial charge in [-0.2, -0.15) is 0 Å². The normalized spacial score (nSPS) is 10.4. The van der Waals surface area contributed by atoms with Crippen LogP contribution >= 0.6 is 0 Å². The van der Waals surface area contributed by atoms with E-state index in [1.807, 2.05) is 0 Å². The number of aliphatic carboxylic acids is 1. The zero-order valence-electron chi connectivity index (χ0n) is 11.2. The van der Waals surface area contributed by atoms with Gasteiger partial charge in [0.2, 0.25) is 11.8 Å². The van der Waals surface area contributed by atoms with Crippen molar-refractivity contribution >= 4 is 17.8 Å². The molecule has 0 aliphatic carbocycles. The number of hydrogen-bond acceptors (Lipinski definition) is 4. The minimum Gasteiger partial charge on any atom is -0.480 e. The number of primary amides is 1. The van der Waals surface area contributed by atoms with Crippen LogP contribution in [0.5, 0.6) is 0 Å². The quantitative estimate of drug-likeness (QED) is 0.588. The molecule has 114 valence electrons. The van der Waals surface area contributed by atoms with Crippen LogP contribution in [0.1, 0.15) is 5.56 Å². The molecule has 1 rings (SSSR count). The SMILES string of the molecule is NC(=O)CN(CC(=O)O)CC(=O)NCc1ccccc1F. The first-order chi connectivity index (χ1) is 9.88. The number of nitrogens with one attached hydrogen (secondary N) is 1. The summed E-state index contributed by atoms with van der Waals surface area (Å²) in [5.74, 6) is -2.89. The highest BCUT2D eigenvalue weighted by molar-refractivity contribution is 5.81. The van der Waals surface area contributed by atoms with Crippen molar-refractivity contribution in [3.63, 3.8) is 0 Å². The highest BCUT2D eigenvalue weighted by Gasteiger charge is 2.16. The first kappa shape index (κ1) is 16.6. The van der Waals surface area contributed by atoms with Gasteiger partial charge >= 0.3 is 5.97 Å². The smallest absolute Gasteiger partial charge is 0.317 e. The molecule has 7 nitrogen and oxygen atoms in total. The van der Waals surface area contributed by atoms with Gasteiger partial charge in [0.1, 0.15) is 5.82 Å². The van der Waals surface area contributed by atoms with Crippen LogP contribution < -0.4 is 11.1 Å². The number of benzene rings is 1. The molecule has 1 aromatic carbocycles. The Hall–Kier alpha value is -2.48. The maximum absolute atomic E-state index is 13.3. The third-order valence-electron chi connectivity index (χ3n) is 2.54. The molecule has 0 aliphatic heterocycles. The molecule has 0 radical (unpaired) electrons.